The number of carboxylic acid groups (broad SMARTS) is 1. The number of alkyl halides is 3. The van der Waals surface area contributed by atoms with E-state index in [1.165, 1.54) is 5.69 Å². The Kier molecular flexibility index (Phi) is 5.19. The first-order valence-corrected chi connectivity index (χ1v) is 9.78. The summed E-state index contributed by atoms with van der Waals surface area (Å²) in [5.74, 6) is -2.76. The molecule has 1 fully saturated rings. The lowest BCUT2D eigenvalue weighted by atomic mass is 9.82. The second kappa shape index (κ2) is 7.44. The van der Waals surface area contributed by atoms with Crippen LogP contribution in [-0.2, 0) is 16.8 Å². The van der Waals surface area contributed by atoms with E-state index in [0.717, 1.165) is 59.8 Å². The highest BCUT2D eigenvalue weighted by molar-refractivity contribution is 6.36. The Hall–Kier alpha value is -2.30. The van der Waals surface area contributed by atoms with Crippen molar-refractivity contribution < 1.29 is 23.1 Å². The Morgan fingerprint density at radius 3 is 2.67 bits per heavy atom. The SMILES string of the molecule is Clc1c(-c2cnc3[nH]cc(Cl)c3c2)nn2c1C1(CCNC1)CC2.O=C(O)C(F)(F)F. The molecule has 3 N–H and O–H groups in total. The van der Waals surface area contributed by atoms with Crippen LogP contribution in [0.3, 0.4) is 0 Å². The molecule has 0 aromatic carbocycles. The third-order valence-corrected chi connectivity index (χ3v) is 6.11. The molecule has 0 amide bonds. The van der Waals surface area contributed by atoms with Gasteiger partial charge in [-0.1, -0.05) is 23.2 Å². The Balaban J connectivity index is 0.000000272. The maximum atomic E-state index is 10.6. The number of hydrogen-bond acceptors (Lipinski definition) is 4. The molecule has 1 saturated heterocycles. The number of nitrogens with one attached hydrogen (secondary N) is 2. The summed E-state index contributed by atoms with van der Waals surface area (Å²) in [6.45, 7) is 2.96. The number of hydrogen-bond donors (Lipinski definition) is 3. The zero-order chi connectivity index (χ0) is 21.7. The molecule has 3 aromatic rings. The van der Waals surface area contributed by atoms with Crippen molar-refractivity contribution in [3.63, 3.8) is 0 Å². The van der Waals surface area contributed by atoms with Gasteiger partial charge in [-0.15, -0.1) is 0 Å². The lowest BCUT2D eigenvalue weighted by Gasteiger charge is -2.21. The van der Waals surface area contributed by atoms with Crippen LogP contribution in [0.4, 0.5) is 13.2 Å². The first-order chi connectivity index (χ1) is 14.1. The number of fused-ring (bicyclic) bond motifs is 3. The van der Waals surface area contributed by atoms with Gasteiger partial charge in [0.1, 0.15) is 11.3 Å². The monoisotopic (exact) mass is 461 g/mol. The molecule has 7 nitrogen and oxygen atoms in total. The van der Waals surface area contributed by atoms with E-state index in [9.17, 15) is 13.2 Å². The molecule has 0 bridgehead atoms. The van der Waals surface area contributed by atoms with Gasteiger partial charge >= 0.3 is 12.1 Å². The van der Waals surface area contributed by atoms with E-state index in [0.29, 0.717) is 5.02 Å². The minimum atomic E-state index is -5.08. The van der Waals surface area contributed by atoms with Crippen molar-refractivity contribution in [2.75, 3.05) is 13.1 Å². The fourth-order valence-electron chi connectivity index (χ4n) is 3.99. The molecule has 1 spiro atoms. The van der Waals surface area contributed by atoms with Crippen LogP contribution in [0.2, 0.25) is 10.0 Å². The molecular weight excluding hydrogens is 446 g/mol. The number of H-pyrrole nitrogens is 1. The molecule has 2 aliphatic rings. The number of aromatic nitrogens is 4. The van der Waals surface area contributed by atoms with Gasteiger partial charge in [-0.25, -0.2) is 9.78 Å². The van der Waals surface area contributed by atoms with Crippen LogP contribution >= 0.6 is 23.2 Å². The van der Waals surface area contributed by atoms with Crippen molar-refractivity contribution in [2.24, 2.45) is 0 Å². The number of aryl methyl sites for hydroxylation is 1. The average molecular weight is 462 g/mol. The quantitative estimate of drug-likeness (QED) is 0.508. The third kappa shape index (κ3) is 3.52. The number of aliphatic carboxylic acids is 1. The molecule has 5 rings (SSSR count). The molecule has 0 saturated carbocycles. The molecule has 5 heterocycles. The van der Waals surface area contributed by atoms with Gasteiger partial charge < -0.3 is 15.4 Å². The van der Waals surface area contributed by atoms with Gasteiger partial charge in [0.15, 0.2) is 0 Å². The molecule has 30 heavy (non-hydrogen) atoms. The minimum Gasteiger partial charge on any atom is -0.475 e. The van der Waals surface area contributed by atoms with Gasteiger partial charge in [0.2, 0.25) is 0 Å². The van der Waals surface area contributed by atoms with Crippen LogP contribution in [-0.4, -0.2) is 50.1 Å². The summed E-state index contributed by atoms with van der Waals surface area (Å²) in [4.78, 5) is 16.4. The zero-order valence-corrected chi connectivity index (χ0v) is 16.9. The van der Waals surface area contributed by atoms with Crippen LogP contribution in [0.5, 0.6) is 0 Å². The third-order valence-electron chi connectivity index (χ3n) is 5.44. The normalized spacial score (nSPS) is 20.4. The Morgan fingerprint density at radius 1 is 1.30 bits per heavy atom. The van der Waals surface area contributed by atoms with E-state index >= 15 is 0 Å². The summed E-state index contributed by atoms with van der Waals surface area (Å²) in [5.41, 5.74) is 3.81. The zero-order valence-electron chi connectivity index (χ0n) is 15.4. The van der Waals surface area contributed by atoms with Gasteiger partial charge in [-0.2, -0.15) is 18.3 Å². The molecule has 0 aliphatic carbocycles. The highest BCUT2D eigenvalue weighted by atomic mass is 35.5. The summed E-state index contributed by atoms with van der Waals surface area (Å²) in [6, 6.07) is 2.00. The number of rotatable bonds is 1. The van der Waals surface area contributed by atoms with Crippen LogP contribution in [0.25, 0.3) is 22.3 Å². The number of halogens is 5. The van der Waals surface area contributed by atoms with Gasteiger partial charge in [-0.3, -0.25) is 4.68 Å². The molecule has 1 atom stereocenters. The van der Waals surface area contributed by atoms with Crippen molar-refractivity contribution in [1.29, 1.82) is 0 Å². The molecule has 2 aliphatic heterocycles. The van der Waals surface area contributed by atoms with Gasteiger partial charge in [0.25, 0.3) is 0 Å². The lowest BCUT2D eigenvalue weighted by molar-refractivity contribution is -0.192. The number of nitrogens with zero attached hydrogens (tertiary/aromatic N) is 3. The molecule has 12 heteroatoms. The Morgan fingerprint density at radius 2 is 2.03 bits per heavy atom. The highest BCUT2D eigenvalue weighted by Crippen LogP contribution is 2.46. The molecule has 0 radical (unpaired) electrons. The Labute approximate surface area is 178 Å². The summed E-state index contributed by atoms with van der Waals surface area (Å²) in [6.07, 6.45) is 0.706. The molecular formula is C18H16Cl2F3N5O2. The van der Waals surface area contributed by atoms with Crippen molar-refractivity contribution in [1.82, 2.24) is 25.1 Å². The highest BCUT2D eigenvalue weighted by Gasteiger charge is 2.45. The summed E-state index contributed by atoms with van der Waals surface area (Å²) < 4.78 is 33.8. The standard InChI is InChI=1S/C16H15Cl2N5.C2HF3O2/c17-11-7-21-15-10(11)5-9(6-20-15)13-12(18)14-16(1-3-19-8-16)2-4-23(14)22-13;3-2(4,5)1(6)7/h5-7,19H,1-4,8H2,(H,20,21);(H,6,7). The van der Waals surface area contributed by atoms with Crippen molar-refractivity contribution >= 4 is 40.2 Å². The summed E-state index contributed by atoms with van der Waals surface area (Å²) in [7, 11) is 0. The summed E-state index contributed by atoms with van der Waals surface area (Å²) in [5, 5.41) is 17.7. The molecule has 1 unspecified atom stereocenters. The van der Waals surface area contributed by atoms with Gasteiger partial charge in [-0.05, 0) is 25.5 Å². The van der Waals surface area contributed by atoms with Crippen LogP contribution in [0.15, 0.2) is 18.5 Å². The smallest absolute Gasteiger partial charge is 0.475 e. The predicted molar refractivity (Wildman–Crippen MR) is 105 cm³/mol. The first-order valence-electron chi connectivity index (χ1n) is 9.03. The maximum absolute atomic E-state index is 10.6. The number of carbonyl (C=O) groups is 1. The fraction of sp³-hybridized carbons (Fsp3) is 0.389. The number of carboxylic acids is 1. The van der Waals surface area contributed by atoms with E-state index in [-0.39, 0.29) is 5.41 Å². The van der Waals surface area contributed by atoms with Crippen LogP contribution < -0.4 is 5.32 Å². The number of aromatic amines is 1. The molecule has 3 aromatic heterocycles. The van der Waals surface area contributed by atoms with Crippen molar-refractivity contribution in [3.8, 4) is 11.3 Å². The Bertz CT molecular complexity index is 1120. The van der Waals surface area contributed by atoms with Crippen LogP contribution in [0.1, 0.15) is 18.5 Å². The van der Waals surface area contributed by atoms with E-state index in [1.807, 2.05) is 6.07 Å². The minimum absolute atomic E-state index is 0.144. The predicted octanol–water partition coefficient (Wildman–Crippen LogP) is 4.00. The van der Waals surface area contributed by atoms with Crippen LogP contribution in [0, 0.1) is 0 Å². The largest absolute Gasteiger partial charge is 0.490 e. The van der Waals surface area contributed by atoms with Gasteiger partial charge in [0.05, 0.1) is 15.7 Å². The lowest BCUT2D eigenvalue weighted by Crippen LogP contribution is -2.26. The van der Waals surface area contributed by atoms with E-state index in [4.69, 9.17) is 38.2 Å². The van der Waals surface area contributed by atoms with E-state index in [1.54, 1.807) is 12.4 Å². The fourth-order valence-corrected chi connectivity index (χ4v) is 4.63. The molecule has 160 valence electrons. The van der Waals surface area contributed by atoms with Crippen molar-refractivity contribution in [3.05, 3.63) is 34.2 Å². The van der Waals surface area contributed by atoms with E-state index < -0.39 is 12.1 Å². The topological polar surface area (TPSA) is 95.8 Å². The number of pyridine rings is 1. The van der Waals surface area contributed by atoms with Crippen molar-refractivity contribution in [2.45, 2.75) is 31.0 Å². The first kappa shape index (κ1) is 21.0. The maximum Gasteiger partial charge on any atom is 0.490 e. The van der Waals surface area contributed by atoms with E-state index in [2.05, 4.69) is 20.0 Å². The van der Waals surface area contributed by atoms with Gasteiger partial charge in [0, 0.05) is 41.8 Å². The summed E-state index contributed by atoms with van der Waals surface area (Å²) >= 11 is 13.0. The second-order valence-corrected chi connectivity index (χ2v) is 8.04. The second-order valence-electron chi connectivity index (χ2n) is 7.25. The average Bonchev–Trinajstić information content (AvgIpc) is 3.44.